The van der Waals surface area contributed by atoms with E-state index in [0.29, 0.717) is 12.2 Å². The van der Waals surface area contributed by atoms with Gasteiger partial charge in [0.25, 0.3) is 5.69 Å². The molecule has 1 atom stereocenters. The van der Waals surface area contributed by atoms with Crippen molar-refractivity contribution < 1.29 is 24.4 Å². The zero-order chi connectivity index (χ0) is 19.4. The maximum atomic E-state index is 11.9. The number of hydrogen-bond donors (Lipinski definition) is 3. The molecular weight excluding hydrogens is 354 g/mol. The number of nitro benzene ring substituents is 1. The number of aliphatic hydroxyl groups is 1. The van der Waals surface area contributed by atoms with Gasteiger partial charge in [-0.1, -0.05) is 18.2 Å². The van der Waals surface area contributed by atoms with Crippen LogP contribution in [0.3, 0.4) is 0 Å². The Hall–Kier alpha value is -3.46. The second kappa shape index (κ2) is 7.83. The van der Waals surface area contributed by atoms with Gasteiger partial charge in [-0.15, -0.1) is 0 Å². The molecule has 1 heterocycles. The first-order chi connectivity index (χ1) is 13.0. The van der Waals surface area contributed by atoms with Crippen LogP contribution in [0.15, 0.2) is 42.5 Å². The molecule has 3 N–H and O–H groups in total. The molecule has 9 heteroatoms. The van der Waals surface area contributed by atoms with Gasteiger partial charge in [0.15, 0.2) is 0 Å². The number of aliphatic hydroxyl groups excluding tert-OH is 1. The van der Waals surface area contributed by atoms with Crippen LogP contribution in [-0.2, 0) is 16.0 Å². The normalized spacial score (nSPS) is 13.2. The summed E-state index contributed by atoms with van der Waals surface area (Å²) in [4.78, 5) is 34.2. The molecule has 0 fully saturated rings. The molecule has 2 aromatic carbocycles. The van der Waals surface area contributed by atoms with Crippen LogP contribution in [0.5, 0.6) is 5.75 Å². The zero-order valence-electron chi connectivity index (χ0n) is 14.2. The minimum atomic E-state index is -1.06. The van der Waals surface area contributed by atoms with Gasteiger partial charge in [-0.3, -0.25) is 19.7 Å². The summed E-state index contributed by atoms with van der Waals surface area (Å²) in [6.07, 6.45) is -0.251. The highest BCUT2D eigenvalue weighted by Crippen LogP contribution is 2.28. The predicted molar refractivity (Wildman–Crippen MR) is 95.3 cm³/mol. The van der Waals surface area contributed by atoms with Gasteiger partial charge in [0.1, 0.15) is 11.4 Å². The zero-order valence-corrected chi connectivity index (χ0v) is 14.2. The number of amides is 2. The van der Waals surface area contributed by atoms with E-state index in [1.54, 1.807) is 18.2 Å². The Morgan fingerprint density at radius 1 is 1.22 bits per heavy atom. The number of nitrogens with zero attached hydrogens (tertiary/aromatic N) is 1. The van der Waals surface area contributed by atoms with Crippen molar-refractivity contribution in [1.29, 1.82) is 0 Å². The average Bonchev–Trinajstić information content (AvgIpc) is 3.13. The minimum absolute atomic E-state index is 0.0816. The second-order valence-corrected chi connectivity index (χ2v) is 5.92. The first-order valence-corrected chi connectivity index (χ1v) is 8.22. The van der Waals surface area contributed by atoms with E-state index < -0.39 is 22.8 Å². The maximum Gasteiger partial charge on any atom is 0.313 e. The molecule has 0 saturated heterocycles. The van der Waals surface area contributed by atoms with Crippen molar-refractivity contribution in [2.24, 2.45) is 0 Å². The standard InChI is InChI=1S/C18H17N3O6/c22-15(11-5-6-16-12(9-11)7-8-27-16)10-19-17(23)18(24)20-13-3-1-2-4-14(13)21(25)26/h1-6,9,15,22H,7-8,10H2,(H,19,23)(H,20,24). The molecule has 0 aromatic heterocycles. The molecule has 0 spiro atoms. The van der Waals surface area contributed by atoms with Crippen LogP contribution in [0, 0.1) is 10.1 Å². The smallest absolute Gasteiger partial charge is 0.313 e. The molecule has 2 amide bonds. The Balaban J connectivity index is 1.57. The van der Waals surface area contributed by atoms with Gasteiger partial charge in [0.2, 0.25) is 0 Å². The number of para-hydroxylation sites is 2. The molecular formula is C18H17N3O6. The third-order valence-electron chi connectivity index (χ3n) is 4.11. The van der Waals surface area contributed by atoms with Gasteiger partial charge < -0.3 is 20.5 Å². The number of rotatable bonds is 5. The van der Waals surface area contributed by atoms with E-state index >= 15 is 0 Å². The van der Waals surface area contributed by atoms with Crippen molar-refractivity contribution >= 4 is 23.2 Å². The van der Waals surface area contributed by atoms with Crippen molar-refractivity contribution in [2.75, 3.05) is 18.5 Å². The molecule has 3 rings (SSSR count). The molecule has 0 aliphatic carbocycles. The van der Waals surface area contributed by atoms with E-state index in [0.717, 1.165) is 17.7 Å². The van der Waals surface area contributed by atoms with Gasteiger partial charge in [-0.25, -0.2) is 0 Å². The number of ether oxygens (including phenoxy) is 1. The molecule has 1 aliphatic rings. The molecule has 0 bridgehead atoms. The quantitative estimate of drug-likeness (QED) is 0.413. The highest BCUT2D eigenvalue weighted by atomic mass is 16.6. The number of nitrogens with one attached hydrogen (secondary N) is 2. The number of fused-ring (bicyclic) bond motifs is 1. The fraction of sp³-hybridized carbons (Fsp3) is 0.222. The average molecular weight is 371 g/mol. The van der Waals surface area contributed by atoms with Gasteiger partial charge in [-0.2, -0.15) is 0 Å². The molecule has 140 valence electrons. The lowest BCUT2D eigenvalue weighted by molar-refractivity contribution is -0.383. The van der Waals surface area contributed by atoms with Gasteiger partial charge in [-0.05, 0) is 29.3 Å². The molecule has 1 aliphatic heterocycles. The lowest BCUT2D eigenvalue weighted by atomic mass is 10.0. The first kappa shape index (κ1) is 18.3. The van der Waals surface area contributed by atoms with E-state index in [1.165, 1.54) is 24.3 Å². The Labute approximate surface area is 154 Å². The summed E-state index contributed by atoms with van der Waals surface area (Å²) in [5, 5.41) is 25.7. The van der Waals surface area contributed by atoms with Crippen LogP contribution in [0.4, 0.5) is 11.4 Å². The van der Waals surface area contributed by atoms with E-state index in [4.69, 9.17) is 4.74 Å². The Kier molecular flexibility index (Phi) is 5.32. The number of hydrogen-bond acceptors (Lipinski definition) is 6. The third kappa shape index (κ3) is 4.21. The monoisotopic (exact) mass is 371 g/mol. The topological polar surface area (TPSA) is 131 Å². The lowest BCUT2D eigenvalue weighted by Gasteiger charge is -2.13. The van der Waals surface area contributed by atoms with Crippen LogP contribution in [0.2, 0.25) is 0 Å². The van der Waals surface area contributed by atoms with Crippen molar-refractivity contribution in [3.8, 4) is 5.75 Å². The van der Waals surface area contributed by atoms with Crippen molar-refractivity contribution in [3.63, 3.8) is 0 Å². The molecule has 2 aromatic rings. The molecule has 1 unspecified atom stereocenters. The Morgan fingerprint density at radius 2 is 2.00 bits per heavy atom. The van der Waals surface area contributed by atoms with E-state index in [1.807, 2.05) is 0 Å². The number of carbonyl (C=O) groups excluding carboxylic acids is 2. The van der Waals surface area contributed by atoms with Crippen LogP contribution in [-0.4, -0.2) is 35.0 Å². The highest BCUT2D eigenvalue weighted by Gasteiger charge is 2.21. The minimum Gasteiger partial charge on any atom is -0.493 e. The van der Waals surface area contributed by atoms with E-state index in [9.17, 15) is 24.8 Å². The van der Waals surface area contributed by atoms with Crippen molar-refractivity contribution in [3.05, 3.63) is 63.7 Å². The van der Waals surface area contributed by atoms with Crippen molar-refractivity contribution in [1.82, 2.24) is 5.32 Å². The largest absolute Gasteiger partial charge is 0.493 e. The van der Waals surface area contributed by atoms with Gasteiger partial charge in [0, 0.05) is 19.0 Å². The molecule has 27 heavy (non-hydrogen) atoms. The van der Waals surface area contributed by atoms with E-state index in [2.05, 4.69) is 10.6 Å². The second-order valence-electron chi connectivity index (χ2n) is 5.92. The summed E-state index contributed by atoms with van der Waals surface area (Å²) in [6, 6.07) is 10.7. The highest BCUT2D eigenvalue weighted by molar-refractivity contribution is 6.39. The number of benzene rings is 2. The van der Waals surface area contributed by atoms with Crippen LogP contribution in [0.25, 0.3) is 0 Å². The Morgan fingerprint density at radius 3 is 2.78 bits per heavy atom. The summed E-state index contributed by atoms with van der Waals surface area (Å²) in [6.45, 7) is 0.417. The molecule has 0 saturated carbocycles. The third-order valence-corrected chi connectivity index (χ3v) is 4.11. The fourth-order valence-corrected chi connectivity index (χ4v) is 2.72. The number of anilines is 1. The fourth-order valence-electron chi connectivity index (χ4n) is 2.72. The number of nitro groups is 1. The number of carbonyl (C=O) groups is 2. The lowest BCUT2D eigenvalue weighted by Crippen LogP contribution is -2.37. The predicted octanol–water partition coefficient (Wildman–Crippen LogP) is 1.32. The van der Waals surface area contributed by atoms with Crippen LogP contribution < -0.4 is 15.4 Å². The van der Waals surface area contributed by atoms with Gasteiger partial charge >= 0.3 is 11.8 Å². The summed E-state index contributed by atoms with van der Waals surface area (Å²) in [5.41, 5.74) is 1.17. The summed E-state index contributed by atoms with van der Waals surface area (Å²) >= 11 is 0. The van der Waals surface area contributed by atoms with Crippen LogP contribution >= 0.6 is 0 Å². The van der Waals surface area contributed by atoms with E-state index in [-0.39, 0.29) is 17.9 Å². The maximum absolute atomic E-state index is 11.9. The SMILES string of the molecule is O=C(NCC(O)c1ccc2c(c1)CCO2)C(=O)Nc1ccccc1[N+](=O)[O-]. The van der Waals surface area contributed by atoms with Crippen molar-refractivity contribution in [2.45, 2.75) is 12.5 Å². The summed E-state index contributed by atoms with van der Waals surface area (Å²) in [7, 11) is 0. The Bertz CT molecular complexity index is 898. The summed E-state index contributed by atoms with van der Waals surface area (Å²) < 4.78 is 5.39. The van der Waals surface area contributed by atoms with Crippen LogP contribution in [0.1, 0.15) is 17.2 Å². The molecule has 0 radical (unpaired) electrons. The van der Waals surface area contributed by atoms with Gasteiger partial charge in [0.05, 0.1) is 17.6 Å². The molecule has 9 nitrogen and oxygen atoms in total. The summed E-state index contributed by atoms with van der Waals surface area (Å²) in [5.74, 6) is -1.28. The first-order valence-electron chi connectivity index (χ1n) is 8.22.